The van der Waals surface area contributed by atoms with Crippen molar-refractivity contribution in [2.24, 2.45) is 0 Å². The lowest BCUT2D eigenvalue weighted by atomic mass is 10.2. The van der Waals surface area contributed by atoms with Gasteiger partial charge in [-0.1, -0.05) is 0 Å². The van der Waals surface area contributed by atoms with E-state index in [0.717, 1.165) is 6.20 Å². The number of amides is 2. The van der Waals surface area contributed by atoms with Crippen LogP contribution in [0.3, 0.4) is 0 Å². The summed E-state index contributed by atoms with van der Waals surface area (Å²) in [6, 6.07) is 10.6. The van der Waals surface area contributed by atoms with Gasteiger partial charge in [-0.05, 0) is 50.2 Å². The van der Waals surface area contributed by atoms with E-state index in [1.165, 1.54) is 48.5 Å². The third kappa shape index (κ3) is 6.08. The number of anilines is 2. The molecule has 1 heterocycles. The number of nitrogens with one attached hydrogen (secondary N) is 2. The molecule has 0 fully saturated rings. The fourth-order valence-corrected chi connectivity index (χ4v) is 3.09. The van der Waals surface area contributed by atoms with E-state index in [4.69, 9.17) is 9.47 Å². The Morgan fingerprint density at radius 3 is 1.72 bits per heavy atom. The van der Waals surface area contributed by atoms with Crippen LogP contribution in [0, 0.1) is 20.2 Å². The third-order valence-electron chi connectivity index (χ3n) is 4.71. The van der Waals surface area contributed by atoms with Crippen LogP contribution in [-0.4, -0.2) is 39.9 Å². The number of carbonyl (C=O) groups is 2. The van der Waals surface area contributed by atoms with Crippen LogP contribution in [0.5, 0.6) is 11.5 Å². The smallest absolute Gasteiger partial charge is 0.296 e. The summed E-state index contributed by atoms with van der Waals surface area (Å²) in [5, 5.41) is 27.6. The van der Waals surface area contributed by atoms with Gasteiger partial charge in [-0.2, -0.15) is 0 Å². The quantitative estimate of drug-likeness (QED) is 0.308. The zero-order chi connectivity index (χ0) is 26.2. The first-order valence-corrected chi connectivity index (χ1v) is 10.6. The monoisotopic (exact) mass is 495 g/mol. The minimum Gasteiger partial charge on any atom is -0.494 e. The molecule has 3 rings (SSSR count). The molecule has 0 aliphatic carbocycles. The molecule has 13 heteroatoms. The van der Waals surface area contributed by atoms with Gasteiger partial charge in [-0.15, -0.1) is 0 Å². The van der Waals surface area contributed by atoms with E-state index in [2.05, 4.69) is 15.6 Å². The first-order chi connectivity index (χ1) is 17.2. The van der Waals surface area contributed by atoms with Crippen LogP contribution in [0.1, 0.15) is 34.7 Å². The highest BCUT2D eigenvalue weighted by Gasteiger charge is 2.21. The normalized spacial score (nSPS) is 10.3. The van der Waals surface area contributed by atoms with Gasteiger partial charge in [-0.3, -0.25) is 34.8 Å². The lowest BCUT2D eigenvalue weighted by Gasteiger charge is -2.09. The summed E-state index contributed by atoms with van der Waals surface area (Å²) in [7, 11) is 0. The molecule has 0 radical (unpaired) electrons. The molecule has 2 aromatic carbocycles. The number of rotatable bonds is 10. The predicted octanol–water partition coefficient (Wildman–Crippen LogP) is 4.20. The average Bonchev–Trinajstić information content (AvgIpc) is 2.86. The second kappa shape index (κ2) is 11.4. The molecule has 2 amide bonds. The summed E-state index contributed by atoms with van der Waals surface area (Å²) < 4.78 is 10.5. The molecular formula is C23H21N5O8. The van der Waals surface area contributed by atoms with Crippen molar-refractivity contribution in [1.82, 2.24) is 4.98 Å². The summed E-state index contributed by atoms with van der Waals surface area (Å²) in [5.74, 6) is -0.865. The molecule has 0 aliphatic heterocycles. The van der Waals surface area contributed by atoms with Gasteiger partial charge in [0, 0.05) is 6.20 Å². The van der Waals surface area contributed by atoms with Crippen LogP contribution < -0.4 is 20.1 Å². The second-order valence-electron chi connectivity index (χ2n) is 7.08. The number of carbonyl (C=O) groups excluding carboxylic acids is 2. The first kappa shape index (κ1) is 25.6. The van der Waals surface area contributed by atoms with Gasteiger partial charge < -0.3 is 20.1 Å². The Morgan fingerprint density at radius 1 is 0.806 bits per heavy atom. The average molecular weight is 495 g/mol. The van der Waals surface area contributed by atoms with Gasteiger partial charge in [0.1, 0.15) is 28.6 Å². The van der Waals surface area contributed by atoms with Gasteiger partial charge in [0.25, 0.3) is 23.2 Å². The van der Waals surface area contributed by atoms with Crippen LogP contribution in [0.15, 0.2) is 54.7 Å². The van der Waals surface area contributed by atoms with Crippen molar-refractivity contribution in [1.29, 1.82) is 0 Å². The number of hydrogen-bond donors (Lipinski definition) is 2. The van der Waals surface area contributed by atoms with Crippen molar-refractivity contribution in [2.45, 2.75) is 13.8 Å². The topological polar surface area (TPSA) is 176 Å². The number of aromatic nitrogens is 1. The number of nitrogens with zero attached hydrogens (tertiary/aromatic N) is 3. The highest BCUT2D eigenvalue weighted by Crippen LogP contribution is 2.30. The molecule has 0 aliphatic rings. The summed E-state index contributed by atoms with van der Waals surface area (Å²) in [6.07, 6.45) is 1.11. The van der Waals surface area contributed by atoms with Crippen LogP contribution in [0.25, 0.3) is 0 Å². The van der Waals surface area contributed by atoms with Gasteiger partial charge in [0.2, 0.25) is 0 Å². The summed E-state index contributed by atoms with van der Waals surface area (Å²) in [6.45, 7) is 4.10. The Hall–Kier alpha value is -5.07. The molecule has 13 nitrogen and oxygen atoms in total. The molecule has 0 spiro atoms. The van der Waals surface area contributed by atoms with Crippen molar-refractivity contribution >= 4 is 34.6 Å². The second-order valence-corrected chi connectivity index (χ2v) is 7.08. The summed E-state index contributed by atoms with van der Waals surface area (Å²) >= 11 is 0. The molecule has 186 valence electrons. The van der Waals surface area contributed by atoms with Crippen molar-refractivity contribution in [2.75, 3.05) is 23.8 Å². The Kier molecular flexibility index (Phi) is 8.07. The fourth-order valence-electron chi connectivity index (χ4n) is 3.09. The minimum absolute atomic E-state index is 0.0294. The van der Waals surface area contributed by atoms with Gasteiger partial charge >= 0.3 is 0 Å². The molecule has 0 saturated heterocycles. The van der Waals surface area contributed by atoms with E-state index in [1.54, 1.807) is 13.8 Å². The maximum absolute atomic E-state index is 12.6. The maximum Gasteiger partial charge on any atom is 0.296 e. The van der Waals surface area contributed by atoms with E-state index >= 15 is 0 Å². The highest BCUT2D eigenvalue weighted by molar-refractivity contribution is 6.07. The minimum atomic E-state index is -0.739. The summed E-state index contributed by atoms with van der Waals surface area (Å²) in [5.41, 5.74) is -0.890. The van der Waals surface area contributed by atoms with E-state index in [1.807, 2.05) is 0 Å². The van der Waals surface area contributed by atoms with Crippen molar-refractivity contribution in [3.05, 3.63) is 86.2 Å². The lowest BCUT2D eigenvalue weighted by molar-refractivity contribution is -0.384. The largest absolute Gasteiger partial charge is 0.494 e. The zero-order valence-electron chi connectivity index (χ0n) is 19.2. The van der Waals surface area contributed by atoms with E-state index in [-0.39, 0.29) is 45.5 Å². The van der Waals surface area contributed by atoms with Crippen LogP contribution in [0.4, 0.5) is 22.7 Å². The fraction of sp³-hybridized carbons (Fsp3) is 0.174. The molecule has 0 unspecified atom stereocenters. The van der Waals surface area contributed by atoms with Crippen molar-refractivity contribution < 1.29 is 28.9 Å². The Balaban J connectivity index is 1.74. The Labute approximate surface area is 204 Å². The maximum atomic E-state index is 12.6. The molecule has 36 heavy (non-hydrogen) atoms. The molecule has 3 aromatic rings. The third-order valence-corrected chi connectivity index (χ3v) is 4.71. The molecule has 2 N–H and O–H groups in total. The molecule has 0 saturated carbocycles. The highest BCUT2D eigenvalue weighted by atomic mass is 16.6. The number of hydrogen-bond acceptors (Lipinski definition) is 9. The zero-order valence-corrected chi connectivity index (χ0v) is 19.2. The Bertz CT molecular complexity index is 1210. The number of pyridine rings is 1. The predicted molar refractivity (Wildman–Crippen MR) is 129 cm³/mol. The number of benzene rings is 2. The standard InChI is InChI=1S/C23H21N5O8/c1-3-35-15-6-9-17(20(11-15)27(31)32)25-22(29)14-5-8-19(24-13-14)23(30)26-18-10-7-16(36-4-2)12-21(18)28(33)34/h5-13H,3-4H2,1-2H3,(H,25,29)(H,26,30). The SMILES string of the molecule is CCOc1ccc(NC(=O)c2ccc(C(=O)Nc3ccc(OCC)cc3[N+](=O)[O-])nc2)c([N+](=O)[O-])c1. The number of ether oxygens (including phenoxy) is 2. The van der Waals surface area contributed by atoms with Crippen LogP contribution >= 0.6 is 0 Å². The molecule has 0 atom stereocenters. The van der Waals surface area contributed by atoms with Crippen LogP contribution in [0.2, 0.25) is 0 Å². The molecule has 1 aromatic heterocycles. The molecular weight excluding hydrogens is 474 g/mol. The van der Waals surface area contributed by atoms with Crippen molar-refractivity contribution in [3.63, 3.8) is 0 Å². The van der Waals surface area contributed by atoms with Gasteiger partial charge in [0.15, 0.2) is 0 Å². The van der Waals surface area contributed by atoms with E-state index in [0.29, 0.717) is 13.2 Å². The number of nitro groups is 2. The number of nitro benzene ring substituents is 2. The van der Waals surface area contributed by atoms with E-state index < -0.39 is 21.7 Å². The molecule has 0 bridgehead atoms. The van der Waals surface area contributed by atoms with Crippen LogP contribution in [-0.2, 0) is 0 Å². The van der Waals surface area contributed by atoms with E-state index in [9.17, 15) is 29.8 Å². The van der Waals surface area contributed by atoms with Crippen molar-refractivity contribution in [3.8, 4) is 11.5 Å². The summed E-state index contributed by atoms with van der Waals surface area (Å²) in [4.78, 5) is 50.5. The van der Waals surface area contributed by atoms with Gasteiger partial charge in [0.05, 0.1) is 40.8 Å². The Morgan fingerprint density at radius 2 is 1.31 bits per heavy atom. The lowest BCUT2D eigenvalue weighted by Crippen LogP contribution is -2.17. The van der Waals surface area contributed by atoms with Gasteiger partial charge in [-0.25, -0.2) is 0 Å². The first-order valence-electron chi connectivity index (χ1n) is 10.6.